The van der Waals surface area contributed by atoms with Crippen LogP contribution in [0.2, 0.25) is 0 Å². The van der Waals surface area contributed by atoms with Crippen LogP contribution in [0.25, 0.3) is 5.69 Å². The standard InChI is InChI=1S/C16H15N5O7S2/c1-9-15(19-18-11-8-10(17)6-7-13(11)29(23,24)25)16(22)21(20-9)12-4-2-3-5-14(12)30(26,27)28/h2-8,20H,17H2,1H3,(H,23,24,25)(H,26,27,28). The summed E-state index contributed by atoms with van der Waals surface area (Å²) in [5.74, 6) is 0. The summed E-state index contributed by atoms with van der Waals surface area (Å²) in [6.07, 6.45) is 0. The van der Waals surface area contributed by atoms with Gasteiger partial charge in [-0.1, -0.05) is 12.1 Å². The number of hydrogen-bond acceptors (Lipinski definition) is 8. The second-order valence-corrected chi connectivity index (χ2v) is 8.85. The SMILES string of the molecule is Cc1[nH]n(-c2ccccc2S(=O)(=O)O)c(=O)c1N=Nc1cc(N)ccc1S(=O)(=O)O. The zero-order valence-corrected chi connectivity index (χ0v) is 16.8. The number of para-hydroxylation sites is 1. The minimum absolute atomic E-state index is 0.140. The van der Waals surface area contributed by atoms with Gasteiger partial charge in [0, 0.05) is 5.69 Å². The molecule has 30 heavy (non-hydrogen) atoms. The Morgan fingerprint density at radius 1 is 0.967 bits per heavy atom. The van der Waals surface area contributed by atoms with Gasteiger partial charge in [-0.3, -0.25) is 19.0 Å². The highest BCUT2D eigenvalue weighted by molar-refractivity contribution is 7.86. The van der Waals surface area contributed by atoms with Crippen LogP contribution >= 0.6 is 0 Å². The Labute approximate surface area is 170 Å². The van der Waals surface area contributed by atoms with Crippen molar-refractivity contribution in [2.45, 2.75) is 16.7 Å². The first-order chi connectivity index (χ1) is 13.9. The minimum atomic E-state index is -4.63. The summed E-state index contributed by atoms with van der Waals surface area (Å²) in [5.41, 5.74) is 4.38. The lowest BCUT2D eigenvalue weighted by Gasteiger charge is -2.06. The van der Waals surface area contributed by atoms with E-state index in [0.717, 1.165) is 22.9 Å². The molecule has 5 N–H and O–H groups in total. The van der Waals surface area contributed by atoms with Crippen LogP contribution in [-0.4, -0.2) is 35.7 Å². The average molecular weight is 453 g/mol. The average Bonchev–Trinajstić information content (AvgIpc) is 2.92. The molecule has 0 radical (unpaired) electrons. The molecule has 1 heterocycles. The lowest BCUT2D eigenvalue weighted by molar-refractivity contribution is 0.480. The van der Waals surface area contributed by atoms with Gasteiger partial charge >= 0.3 is 0 Å². The van der Waals surface area contributed by atoms with E-state index in [4.69, 9.17) is 5.73 Å². The van der Waals surface area contributed by atoms with E-state index in [1.165, 1.54) is 31.2 Å². The summed E-state index contributed by atoms with van der Waals surface area (Å²) >= 11 is 0. The molecule has 0 fully saturated rings. The van der Waals surface area contributed by atoms with Crippen LogP contribution in [0, 0.1) is 6.92 Å². The van der Waals surface area contributed by atoms with Gasteiger partial charge in [-0.25, -0.2) is 4.68 Å². The summed E-state index contributed by atoms with van der Waals surface area (Å²) in [6.45, 7) is 1.45. The van der Waals surface area contributed by atoms with Crippen LogP contribution in [0.1, 0.15) is 5.69 Å². The smallest absolute Gasteiger partial charge is 0.299 e. The number of aryl methyl sites for hydroxylation is 1. The van der Waals surface area contributed by atoms with E-state index in [1.54, 1.807) is 0 Å². The van der Waals surface area contributed by atoms with E-state index >= 15 is 0 Å². The molecular formula is C16H15N5O7S2. The van der Waals surface area contributed by atoms with Gasteiger partial charge < -0.3 is 5.73 Å². The fourth-order valence-corrected chi connectivity index (χ4v) is 3.90. The van der Waals surface area contributed by atoms with Crippen molar-refractivity contribution in [2.75, 3.05) is 5.73 Å². The Kier molecular flexibility index (Phi) is 5.34. The van der Waals surface area contributed by atoms with Crippen LogP contribution < -0.4 is 11.3 Å². The van der Waals surface area contributed by atoms with Crippen LogP contribution in [0.15, 0.2) is 67.3 Å². The van der Waals surface area contributed by atoms with Gasteiger partial charge in [0.15, 0.2) is 5.69 Å². The Morgan fingerprint density at radius 2 is 1.60 bits per heavy atom. The number of nitrogens with zero attached hydrogens (tertiary/aromatic N) is 3. The van der Waals surface area contributed by atoms with Crippen LogP contribution in [-0.2, 0) is 20.2 Å². The summed E-state index contributed by atoms with van der Waals surface area (Å²) in [7, 11) is -9.26. The van der Waals surface area contributed by atoms with Crippen molar-refractivity contribution in [1.29, 1.82) is 0 Å². The lowest BCUT2D eigenvalue weighted by Crippen LogP contribution is -2.17. The number of rotatable bonds is 5. The van der Waals surface area contributed by atoms with Crippen molar-refractivity contribution in [3.05, 3.63) is 58.5 Å². The maximum atomic E-state index is 12.7. The summed E-state index contributed by atoms with van der Waals surface area (Å²) in [6, 6.07) is 8.63. The maximum absolute atomic E-state index is 12.7. The van der Waals surface area contributed by atoms with E-state index in [2.05, 4.69) is 15.3 Å². The molecule has 0 atom stereocenters. The van der Waals surface area contributed by atoms with Crippen LogP contribution in [0.5, 0.6) is 0 Å². The number of nitrogen functional groups attached to an aromatic ring is 1. The van der Waals surface area contributed by atoms with E-state index in [0.29, 0.717) is 0 Å². The molecule has 0 bridgehead atoms. The molecule has 0 saturated carbocycles. The first-order valence-corrected chi connectivity index (χ1v) is 10.9. The fraction of sp³-hybridized carbons (Fsp3) is 0.0625. The largest absolute Gasteiger partial charge is 0.399 e. The predicted molar refractivity (Wildman–Crippen MR) is 106 cm³/mol. The lowest BCUT2D eigenvalue weighted by atomic mass is 10.3. The van der Waals surface area contributed by atoms with Crippen molar-refractivity contribution < 1.29 is 25.9 Å². The monoisotopic (exact) mass is 453 g/mol. The van der Waals surface area contributed by atoms with E-state index < -0.39 is 35.6 Å². The predicted octanol–water partition coefficient (Wildman–Crippen LogP) is 1.97. The number of hydrogen-bond donors (Lipinski definition) is 4. The molecule has 3 aromatic rings. The zero-order chi connectivity index (χ0) is 22.3. The Bertz CT molecular complexity index is 1440. The normalized spacial score (nSPS) is 12.5. The molecule has 14 heteroatoms. The molecule has 0 spiro atoms. The van der Waals surface area contributed by atoms with Crippen molar-refractivity contribution in [3.63, 3.8) is 0 Å². The summed E-state index contributed by atoms with van der Waals surface area (Å²) < 4.78 is 65.7. The first kappa shape index (κ1) is 21.4. The molecule has 12 nitrogen and oxygen atoms in total. The van der Waals surface area contributed by atoms with Crippen LogP contribution in [0.3, 0.4) is 0 Å². The van der Waals surface area contributed by atoms with Gasteiger partial charge in [0.05, 0.1) is 11.4 Å². The number of aromatic amines is 1. The van der Waals surface area contributed by atoms with Crippen molar-refractivity contribution >= 4 is 37.3 Å². The van der Waals surface area contributed by atoms with Gasteiger partial charge in [-0.2, -0.15) is 16.8 Å². The van der Waals surface area contributed by atoms with Crippen molar-refractivity contribution in [3.8, 4) is 5.69 Å². The molecule has 3 rings (SSSR count). The molecule has 0 aliphatic heterocycles. The van der Waals surface area contributed by atoms with E-state index in [1.807, 2.05) is 0 Å². The van der Waals surface area contributed by atoms with Crippen molar-refractivity contribution in [2.24, 2.45) is 10.2 Å². The summed E-state index contributed by atoms with van der Waals surface area (Å²) in [4.78, 5) is 11.7. The van der Waals surface area contributed by atoms with Crippen molar-refractivity contribution in [1.82, 2.24) is 9.78 Å². The van der Waals surface area contributed by atoms with Gasteiger partial charge in [0.2, 0.25) is 0 Å². The number of H-pyrrole nitrogens is 1. The molecule has 0 aliphatic carbocycles. The molecular weight excluding hydrogens is 438 g/mol. The number of anilines is 1. The number of nitrogens with one attached hydrogen (secondary N) is 1. The van der Waals surface area contributed by atoms with Crippen LogP contribution in [0.4, 0.5) is 17.1 Å². The number of benzene rings is 2. The third-order valence-electron chi connectivity index (χ3n) is 3.94. The number of aromatic nitrogens is 2. The minimum Gasteiger partial charge on any atom is -0.399 e. The Morgan fingerprint density at radius 3 is 2.23 bits per heavy atom. The molecule has 158 valence electrons. The molecule has 0 aliphatic rings. The highest BCUT2D eigenvalue weighted by Crippen LogP contribution is 2.28. The quantitative estimate of drug-likeness (QED) is 0.255. The fourth-order valence-electron chi connectivity index (χ4n) is 2.62. The van der Waals surface area contributed by atoms with Gasteiger partial charge in [0.25, 0.3) is 25.8 Å². The molecule has 0 amide bonds. The third kappa shape index (κ3) is 4.16. The highest BCUT2D eigenvalue weighted by atomic mass is 32.2. The second-order valence-electron chi connectivity index (χ2n) is 6.07. The highest BCUT2D eigenvalue weighted by Gasteiger charge is 2.21. The maximum Gasteiger partial charge on any atom is 0.299 e. The van der Waals surface area contributed by atoms with Gasteiger partial charge in [-0.15, -0.1) is 10.2 Å². The molecule has 2 aromatic carbocycles. The third-order valence-corrected chi connectivity index (χ3v) is 5.75. The van der Waals surface area contributed by atoms with E-state index in [9.17, 15) is 30.7 Å². The zero-order valence-electron chi connectivity index (χ0n) is 15.2. The van der Waals surface area contributed by atoms with Gasteiger partial charge in [-0.05, 0) is 37.3 Å². The number of nitrogens with two attached hydrogens (primary N) is 1. The number of azo groups is 1. The molecule has 1 aromatic heterocycles. The first-order valence-electron chi connectivity index (χ1n) is 8.07. The Hall–Kier alpha value is -3.33. The van der Waals surface area contributed by atoms with E-state index in [-0.39, 0.29) is 28.4 Å². The molecule has 0 saturated heterocycles. The van der Waals surface area contributed by atoms with Gasteiger partial charge in [0.1, 0.15) is 15.5 Å². The Balaban J connectivity index is 2.15. The second kappa shape index (κ2) is 7.49. The molecule has 0 unspecified atom stereocenters. The summed E-state index contributed by atoms with van der Waals surface area (Å²) in [5, 5.41) is 10.1. The topological polar surface area (TPSA) is 197 Å².